The summed E-state index contributed by atoms with van der Waals surface area (Å²) in [7, 11) is -4.16. The number of para-hydroxylation sites is 1. The van der Waals surface area contributed by atoms with Gasteiger partial charge in [-0.05, 0) is 43.3 Å². The first kappa shape index (κ1) is 26.5. The lowest BCUT2D eigenvalue weighted by Crippen LogP contribution is -2.77. The summed E-state index contributed by atoms with van der Waals surface area (Å²) < 4.78 is 34.4. The lowest BCUT2D eigenvalue weighted by molar-refractivity contribution is -0.155. The number of pyridine rings is 1. The number of fused-ring (bicyclic) bond motifs is 1. The fourth-order valence-corrected chi connectivity index (χ4v) is 5.64. The van der Waals surface area contributed by atoms with E-state index in [0.29, 0.717) is 5.75 Å². The number of rotatable bonds is 7. The molecule has 0 spiro atoms. The molecule has 0 saturated carbocycles. The van der Waals surface area contributed by atoms with Crippen molar-refractivity contribution < 1.29 is 28.0 Å². The molecule has 1 aromatic heterocycles. The van der Waals surface area contributed by atoms with Crippen molar-refractivity contribution >= 4 is 32.7 Å². The Morgan fingerprint density at radius 3 is 2.38 bits per heavy atom. The second-order valence-electron chi connectivity index (χ2n) is 10.2. The number of benzene rings is 2. The first-order valence-corrected chi connectivity index (χ1v) is 13.2. The van der Waals surface area contributed by atoms with Crippen LogP contribution in [0.5, 0.6) is 5.75 Å². The molecule has 3 aromatic rings. The number of aromatic nitrogens is 1. The molecule has 10 nitrogen and oxygen atoms in total. The maximum atomic E-state index is 13.1. The average Bonchev–Trinajstić information content (AvgIpc) is 2.83. The second-order valence-corrected chi connectivity index (χ2v) is 11.9. The van der Waals surface area contributed by atoms with Gasteiger partial charge in [-0.15, -0.1) is 0 Å². The number of ether oxygens (including phenoxy) is 1. The van der Waals surface area contributed by atoms with Gasteiger partial charge in [-0.1, -0.05) is 39.0 Å². The van der Waals surface area contributed by atoms with Gasteiger partial charge in [0.1, 0.15) is 17.9 Å². The lowest BCUT2D eigenvalue weighted by atomic mass is 9.85. The number of likely N-dealkylation sites (tertiary alicyclic amines) is 1. The number of carbonyl (C=O) groups excluding carboxylic acids is 2. The van der Waals surface area contributed by atoms with Crippen LogP contribution >= 0.6 is 0 Å². The molecule has 4 rings (SSSR count). The third-order valence-electron chi connectivity index (χ3n) is 6.17. The van der Waals surface area contributed by atoms with Crippen molar-refractivity contribution in [1.82, 2.24) is 20.1 Å². The van der Waals surface area contributed by atoms with E-state index < -0.39 is 26.9 Å². The number of nitrogens with one attached hydrogen (secondary N) is 2. The van der Waals surface area contributed by atoms with E-state index in [1.807, 2.05) is 37.3 Å². The highest BCUT2D eigenvalue weighted by Crippen LogP contribution is 2.30. The van der Waals surface area contributed by atoms with Gasteiger partial charge in [0.2, 0.25) is 15.9 Å². The minimum atomic E-state index is -4.16. The van der Waals surface area contributed by atoms with Crippen LogP contribution in [0.4, 0.5) is 0 Å². The molecule has 0 unspecified atom stereocenters. The Kier molecular flexibility index (Phi) is 6.97. The largest absolute Gasteiger partial charge is 0.489 e. The van der Waals surface area contributed by atoms with E-state index in [4.69, 9.17) is 4.74 Å². The zero-order valence-electron chi connectivity index (χ0n) is 21.1. The molecule has 1 aliphatic heterocycles. The third-order valence-corrected chi connectivity index (χ3v) is 7.73. The standard InChI is InChI=1S/C26H30N4O6S/c1-17-13-18(21-7-5-6-8-22(21)27-17)14-36-19-9-11-20(12-10-19)37(34,35)29-26(23(31)28-33)15-30(16-26)24(32)25(2,3)4/h5-13,29,33H,14-16H2,1-4H3,(H,28,31). The molecular weight excluding hydrogens is 496 g/mol. The van der Waals surface area contributed by atoms with Gasteiger partial charge in [-0.25, -0.2) is 13.9 Å². The number of aryl methyl sites for hydroxylation is 1. The van der Waals surface area contributed by atoms with Crippen LogP contribution in [-0.4, -0.2) is 54.0 Å². The predicted octanol–water partition coefficient (Wildman–Crippen LogP) is 2.53. The highest BCUT2D eigenvalue weighted by molar-refractivity contribution is 7.89. The van der Waals surface area contributed by atoms with Gasteiger partial charge in [0.05, 0.1) is 23.5 Å². The number of hydrogen-bond acceptors (Lipinski definition) is 7. The van der Waals surface area contributed by atoms with Gasteiger partial charge in [0, 0.05) is 22.1 Å². The van der Waals surface area contributed by atoms with Crippen molar-refractivity contribution in [2.45, 2.75) is 44.7 Å². The fourth-order valence-electron chi connectivity index (χ4n) is 4.29. The number of amides is 2. The zero-order chi connectivity index (χ0) is 27.0. The van der Waals surface area contributed by atoms with Crippen LogP contribution in [0, 0.1) is 12.3 Å². The molecule has 2 amide bonds. The molecule has 11 heteroatoms. The van der Waals surface area contributed by atoms with Crippen LogP contribution in [0.2, 0.25) is 0 Å². The summed E-state index contributed by atoms with van der Waals surface area (Å²) in [5.74, 6) is -0.702. The molecular formula is C26H30N4O6S. The average molecular weight is 527 g/mol. The van der Waals surface area contributed by atoms with Gasteiger partial charge in [0.25, 0.3) is 5.91 Å². The minimum Gasteiger partial charge on any atom is -0.489 e. The van der Waals surface area contributed by atoms with Gasteiger partial charge in [-0.2, -0.15) is 4.72 Å². The summed E-state index contributed by atoms with van der Waals surface area (Å²) in [6.45, 7) is 6.97. The first-order chi connectivity index (χ1) is 17.3. The summed E-state index contributed by atoms with van der Waals surface area (Å²) in [6.07, 6.45) is 0. The van der Waals surface area contributed by atoms with Crippen LogP contribution in [0.25, 0.3) is 10.9 Å². The van der Waals surface area contributed by atoms with Gasteiger partial charge in [-0.3, -0.25) is 19.8 Å². The van der Waals surface area contributed by atoms with Crippen molar-refractivity contribution in [3.63, 3.8) is 0 Å². The maximum Gasteiger partial charge on any atom is 0.268 e. The van der Waals surface area contributed by atoms with Gasteiger partial charge >= 0.3 is 0 Å². The van der Waals surface area contributed by atoms with Crippen LogP contribution in [-0.2, 0) is 26.2 Å². The highest BCUT2D eigenvalue weighted by atomic mass is 32.2. The number of carbonyl (C=O) groups is 2. The zero-order valence-corrected chi connectivity index (χ0v) is 21.9. The molecule has 1 fully saturated rings. The molecule has 2 aromatic carbocycles. The summed E-state index contributed by atoms with van der Waals surface area (Å²) in [4.78, 5) is 30.7. The lowest BCUT2D eigenvalue weighted by Gasteiger charge is -2.49. The van der Waals surface area contributed by atoms with Gasteiger partial charge < -0.3 is 9.64 Å². The third kappa shape index (κ3) is 5.43. The van der Waals surface area contributed by atoms with E-state index in [2.05, 4.69) is 9.71 Å². The molecule has 0 aliphatic carbocycles. The van der Waals surface area contributed by atoms with Crippen molar-refractivity contribution in [3.05, 3.63) is 65.9 Å². The first-order valence-electron chi connectivity index (χ1n) is 11.7. The second kappa shape index (κ2) is 9.73. The highest BCUT2D eigenvalue weighted by Gasteiger charge is 2.54. The Morgan fingerprint density at radius 2 is 1.76 bits per heavy atom. The number of nitrogens with zero attached hydrogens (tertiary/aromatic N) is 2. The van der Waals surface area contributed by atoms with Crippen LogP contribution in [0.15, 0.2) is 59.5 Å². The minimum absolute atomic E-state index is 0.0873. The SMILES string of the molecule is Cc1cc(COc2ccc(S(=O)(=O)NC3(C(=O)NO)CN(C(=O)C(C)(C)C)C3)cc2)c2ccccc2n1. The number of hydrogen-bond donors (Lipinski definition) is 3. The number of hydroxylamine groups is 1. The molecule has 3 N–H and O–H groups in total. The van der Waals surface area contributed by atoms with E-state index in [1.54, 1.807) is 20.8 Å². The Balaban J connectivity index is 1.47. The normalized spacial score (nSPS) is 15.2. The van der Waals surface area contributed by atoms with Crippen molar-refractivity contribution in [3.8, 4) is 5.75 Å². The summed E-state index contributed by atoms with van der Waals surface area (Å²) >= 11 is 0. The Labute approximate surface area is 215 Å². The van der Waals surface area contributed by atoms with E-state index in [1.165, 1.54) is 34.6 Å². The maximum absolute atomic E-state index is 13.1. The quantitative estimate of drug-likeness (QED) is 0.318. The predicted molar refractivity (Wildman–Crippen MR) is 136 cm³/mol. The summed E-state index contributed by atoms with van der Waals surface area (Å²) in [5.41, 5.74) is 1.83. The Morgan fingerprint density at radius 1 is 1.11 bits per heavy atom. The smallest absolute Gasteiger partial charge is 0.268 e. The van der Waals surface area contributed by atoms with Crippen LogP contribution < -0.4 is 14.9 Å². The molecule has 2 heterocycles. The van der Waals surface area contributed by atoms with Crippen molar-refractivity contribution in [2.75, 3.05) is 13.1 Å². The Hall–Kier alpha value is -3.54. The summed E-state index contributed by atoms with van der Waals surface area (Å²) in [5, 5.41) is 10.2. The topological polar surface area (TPSA) is 138 Å². The van der Waals surface area contributed by atoms with Crippen molar-refractivity contribution in [1.29, 1.82) is 0 Å². The molecule has 37 heavy (non-hydrogen) atoms. The molecule has 1 aliphatic rings. The molecule has 0 atom stereocenters. The number of sulfonamides is 1. The van der Waals surface area contributed by atoms with E-state index in [0.717, 1.165) is 22.2 Å². The molecule has 0 radical (unpaired) electrons. The van der Waals surface area contributed by atoms with Gasteiger partial charge in [0.15, 0.2) is 0 Å². The van der Waals surface area contributed by atoms with Crippen LogP contribution in [0.3, 0.4) is 0 Å². The molecule has 0 bridgehead atoms. The fraction of sp³-hybridized carbons (Fsp3) is 0.346. The molecule has 1 saturated heterocycles. The van der Waals surface area contributed by atoms with Crippen molar-refractivity contribution in [2.24, 2.45) is 5.41 Å². The van der Waals surface area contributed by atoms with E-state index in [-0.39, 0.29) is 30.5 Å². The Bertz CT molecular complexity index is 1440. The van der Waals surface area contributed by atoms with E-state index in [9.17, 15) is 23.2 Å². The summed E-state index contributed by atoms with van der Waals surface area (Å²) in [6, 6.07) is 15.5. The molecule has 196 valence electrons. The van der Waals surface area contributed by atoms with Crippen LogP contribution in [0.1, 0.15) is 32.0 Å². The monoisotopic (exact) mass is 526 g/mol. The van der Waals surface area contributed by atoms with E-state index >= 15 is 0 Å².